The summed E-state index contributed by atoms with van der Waals surface area (Å²) in [4.78, 5) is 18.3. The lowest BCUT2D eigenvalue weighted by Crippen LogP contribution is -2.35. The molecule has 1 aromatic carbocycles. The molecule has 0 aliphatic rings. The van der Waals surface area contributed by atoms with Crippen molar-refractivity contribution >= 4 is 23.3 Å². The van der Waals surface area contributed by atoms with Gasteiger partial charge in [0, 0.05) is 26.8 Å². The highest BCUT2D eigenvalue weighted by Crippen LogP contribution is 2.16. The predicted molar refractivity (Wildman–Crippen MR) is 98.2 cm³/mol. The maximum atomic E-state index is 12.6. The summed E-state index contributed by atoms with van der Waals surface area (Å²) in [6, 6.07) is 10.8. The van der Waals surface area contributed by atoms with Gasteiger partial charge in [0.2, 0.25) is 0 Å². The van der Waals surface area contributed by atoms with Gasteiger partial charge in [0.1, 0.15) is 10.9 Å². The van der Waals surface area contributed by atoms with Gasteiger partial charge >= 0.3 is 6.03 Å². The van der Waals surface area contributed by atoms with Gasteiger partial charge in [-0.1, -0.05) is 23.7 Å². The highest BCUT2D eigenvalue weighted by Gasteiger charge is 2.14. The fraction of sp³-hybridized carbons (Fsp3) is 0.333. The molecular formula is C18H22ClN3O3. The molecule has 2 rings (SSSR count). The number of methoxy groups -OCH3 is 2. The minimum Gasteiger partial charge on any atom is -0.497 e. The third kappa shape index (κ3) is 6.25. The summed E-state index contributed by atoms with van der Waals surface area (Å²) in [7, 11) is 3.27. The first kappa shape index (κ1) is 19.0. The number of nitrogens with one attached hydrogen (secondary N) is 1. The molecule has 1 aromatic heterocycles. The number of anilines is 1. The largest absolute Gasteiger partial charge is 0.497 e. The number of aromatic nitrogens is 1. The van der Waals surface area contributed by atoms with Crippen molar-refractivity contribution in [1.82, 2.24) is 9.88 Å². The Morgan fingerprint density at radius 1 is 1.28 bits per heavy atom. The van der Waals surface area contributed by atoms with E-state index >= 15 is 0 Å². The van der Waals surface area contributed by atoms with Gasteiger partial charge < -0.3 is 19.7 Å². The third-order valence-corrected chi connectivity index (χ3v) is 3.77. The van der Waals surface area contributed by atoms with E-state index in [1.807, 2.05) is 24.3 Å². The van der Waals surface area contributed by atoms with Gasteiger partial charge in [-0.05, 0) is 36.2 Å². The second-order valence-corrected chi connectivity index (χ2v) is 5.81. The molecule has 0 fully saturated rings. The molecule has 0 saturated heterocycles. The number of hydrogen-bond acceptors (Lipinski definition) is 4. The SMILES string of the molecule is COCCCN(Cc1cccc(OC)c1)C(=O)Nc1ccc(Cl)nc1. The van der Waals surface area contributed by atoms with Crippen LogP contribution < -0.4 is 10.1 Å². The molecule has 0 spiro atoms. The summed E-state index contributed by atoms with van der Waals surface area (Å²) in [5.74, 6) is 0.761. The van der Waals surface area contributed by atoms with Crippen molar-refractivity contribution in [2.24, 2.45) is 0 Å². The van der Waals surface area contributed by atoms with Crippen molar-refractivity contribution in [3.05, 3.63) is 53.3 Å². The van der Waals surface area contributed by atoms with Crippen molar-refractivity contribution in [3.8, 4) is 5.75 Å². The number of carbonyl (C=O) groups is 1. The van der Waals surface area contributed by atoms with E-state index in [4.69, 9.17) is 21.1 Å². The van der Waals surface area contributed by atoms with Gasteiger partial charge in [0.05, 0.1) is 19.0 Å². The van der Waals surface area contributed by atoms with Crippen LogP contribution in [0.5, 0.6) is 5.75 Å². The number of pyridine rings is 1. The molecule has 0 atom stereocenters. The van der Waals surface area contributed by atoms with Crippen LogP contribution in [-0.2, 0) is 11.3 Å². The lowest BCUT2D eigenvalue weighted by atomic mass is 10.2. The van der Waals surface area contributed by atoms with Crippen LogP contribution in [0.25, 0.3) is 0 Å². The lowest BCUT2D eigenvalue weighted by Gasteiger charge is -2.23. The van der Waals surface area contributed by atoms with Crippen LogP contribution in [-0.4, -0.2) is 43.3 Å². The molecule has 1 N–H and O–H groups in total. The number of ether oxygens (including phenoxy) is 2. The van der Waals surface area contributed by atoms with E-state index < -0.39 is 0 Å². The first-order valence-corrected chi connectivity index (χ1v) is 8.29. The minimum atomic E-state index is -0.206. The standard InChI is InChI=1S/C18H22ClN3O3/c1-24-10-4-9-22(13-14-5-3-6-16(11-14)25-2)18(23)21-15-7-8-17(19)20-12-15/h3,5-8,11-12H,4,9-10,13H2,1-2H3,(H,21,23). The Hall–Kier alpha value is -2.31. The van der Waals surface area contributed by atoms with Gasteiger partial charge in [-0.15, -0.1) is 0 Å². The zero-order chi connectivity index (χ0) is 18.1. The maximum Gasteiger partial charge on any atom is 0.322 e. The van der Waals surface area contributed by atoms with Crippen molar-refractivity contribution in [2.75, 3.05) is 32.7 Å². The first-order valence-electron chi connectivity index (χ1n) is 7.91. The molecule has 7 heteroatoms. The van der Waals surface area contributed by atoms with E-state index in [1.165, 1.54) is 6.20 Å². The van der Waals surface area contributed by atoms with E-state index in [0.29, 0.717) is 30.5 Å². The summed E-state index contributed by atoms with van der Waals surface area (Å²) in [5.41, 5.74) is 1.58. The lowest BCUT2D eigenvalue weighted by molar-refractivity contribution is 0.171. The third-order valence-electron chi connectivity index (χ3n) is 3.55. The number of hydrogen-bond donors (Lipinski definition) is 1. The fourth-order valence-corrected chi connectivity index (χ4v) is 2.41. The summed E-state index contributed by atoms with van der Waals surface area (Å²) >= 11 is 5.77. The number of urea groups is 1. The van der Waals surface area contributed by atoms with Crippen LogP contribution in [0.4, 0.5) is 10.5 Å². The van der Waals surface area contributed by atoms with Crippen LogP contribution in [0.15, 0.2) is 42.6 Å². The normalized spacial score (nSPS) is 10.4. The summed E-state index contributed by atoms with van der Waals surface area (Å²) in [5, 5.41) is 3.22. The molecule has 1 heterocycles. The molecule has 0 radical (unpaired) electrons. The summed E-state index contributed by atoms with van der Waals surface area (Å²) in [6.45, 7) is 1.62. The minimum absolute atomic E-state index is 0.206. The Kier molecular flexibility index (Phi) is 7.50. The number of rotatable bonds is 8. The molecule has 0 bridgehead atoms. The summed E-state index contributed by atoms with van der Waals surface area (Å²) in [6.07, 6.45) is 2.27. The molecular weight excluding hydrogens is 342 g/mol. The zero-order valence-electron chi connectivity index (χ0n) is 14.4. The van der Waals surface area contributed by atoms with Crippen LogP contribution >= 0.6 is 11.6 Å². The molecule has 0 saturated carbocycles. The van der Waals surface area contributed by atoms with Crippen LogP contribution in [0.2, 0.25) is 5.15 Å². The zero-order valence-corrected chi connectivity index (χ0v) is 15.1. The second kappa shape index (κ2) is 9.86. The molecule has 0 aliphatic carbocycles. The molecule has 0 aliphatic heterocycles. The van der Waals surface area contributed by atoms with E-state index in [9.17, 15) is 4.79 Å². The van der Waals surface area contributed by atoms with Crippen LogP contribution in [0.3, 0.4) is 0 Å². The van der Waals surface area contributed by atoms with Gasteiger partial charge in [0.25, 0.3) is 0 Å². The average molecular weight is 364 g/mol. The molecule has 0 unspecified atom stereocenters. The quantitative estimate of drug-likeness (QED) is 0.572. The predicted octanol–water partition coefficient (Wildman–Crippen LogP) is 3.81. The Morgan fingerprint density at radius 2 is 2.12 bits per heavy atom. The highest BCUT2D eigenvalue weighted by molar-refractivity contribution is 6.29. The second-order valence-electron chi connectivity index (χ2n) is 5.42. The maximum absolute atomic E-state index is 12.6. The van der Waals surface area contributed by atoms with E-state index in [0.717, 1.165) is 17.7 Å². The Morgan fingerprint density at radius 3 is 2.80 bits per heavy atom. The van der Waals surface area contributed by atoms with Gasteiger partial charge in [-0.25, -0.2) is 9.78 Å². The van der Waals surface area contributed by atoms with Crippen molar-refractivity contribution < 1.29 is 14.3 Å². The average Bonchev–Trinajstić information content (AvgIpc) is 2.63. The molecule has 25 heavy (non-hydrogen) atoms. The number of carbonyl (C=O) groups excluding carboxylic acids is 1. The monoisotopic (exact) mass is 363 g/mol. The topological polar surface area (TPSA) is 63.7 Å². The Balaban J connectivity index is 2.07. The molecule has 6 nitrogen and oxygen atoms in total. The molecule has 2 aromatic rings. The van der Waals surface area contributed by atoms with Crippen LogP contribution in [0, 0.1) is 0 Å². The number of nitrogens with zero attached hydrogens (tertiary/aromatic N) is 2. The molecule has 134 valence electrons. The number of amides is 2. The molecule has 2 amide bonds. The highest BCUT2D eigenvalue weighted by atomic mass is 35.5. The van der Waals surface area contributed by atoms with Gasteiger partial charge in [-0.2, -0.15) is 0 Å². The number of halogens is 1. The smallest absolute Gasteiger partial charge is 0.322 e. The van der Waals surface area contributed by atoms with Crippen molar-refractivity contribution in [1.29, 1.82) is 0 Å². The van der Waals surface area contributed by atoms with E-state index in [2.05, 4.69) is 10.3 Å². The van der Waals surface area contributed by atoms with Crippen molar-refractivity contribution in [3.63, 3.8) is 0 Å². The Bertz CT molecular complexity index is 680. The van der Waals surface area contributed by atoms with Gasteiger partial charge in [0.15, 0.2) is 0 Å². The van der Waals surface area contributed by atoms with Crippen molar-refractivity contribution in [2.45, 2.75) is 13.0 Å². The van der Waals surface area contributed by atoms with E-state index in [-0.39, 0.29) is 6.03 Å². The van der Waals surface area contributed by atoms with Gasteiger partial charge in [-0.3, -0.25) is 0 Å². The Labute approximate surface area is 152 Å². The first-order chi connectivity index (χ1) is 12.1. The van der Waals surface area contributed by atoms with E-state index in [1.54, 1.807) is 31.3 Å². The summed E-state index contributed by atoms with van der Waals surface area (Å²) < 4.78 is 10.3. The number of benzene rings is 1. The fourth-order valence-electron chi connectivity index (χ4n) is 2.30. The van der Waals surface area contributed by atoms with Crippen LogP contribution in [0.1, 0.15) is 12.0 Å².